The predicted molar refractivity (Wildman–Crippen MR) is 103 cm³/mol. The molecule has 1 atom stereocenters. The first kappa shape index (κ1) is 17.3. The fourth-order valence-corrected chi connectivity index (χ4v) is 3.31. The molecule has 25 heavy (non-hydrogen) atoms. The Morgan fingerprint density at radius 2 is 1.80 bits per heavy atom. The van der Waals surface area contributed by atoms with Crippen molar-refractivity contribution in [1.29, 1.82) is 0 Å². The third kappa shape index (κ3) is 4.29. The summed E-state index contributed by atoms with van der Waals surface area (Å²) in [4.78, 5) is 16.3. The molecule has 3 rings (SSSR count). The highest BCUT2D eigenvalue weighted by atomic mass is 16.1. The largest absolute Gasteiger partial charge is 0.355 e. The van der Waals surface area contributed by atoms with Gasteiger partial charge in [0.1, 0.15) is 6.04 Å². The summed E-state index contributed by atoms with van der Waals surface area (Å²) in [7, 11) is 0. The maximum absolute atomic E-state index is 11.5. The van der Waals surface area contributed by atoms with E-state index in [1.165, 1.54) is 5.56 Å². The highest BCUT2D eigenvalue weighted by Gasteiger charge is 2.26. The van der Waals surface area contributed by atoms with Gasteiger partial charge >= 0.3 is 0 Å². The average molecular weight is 332 g/mol. The molecule has 128 valence electrons. The van der Waals surface area contributed by atoms with E-state index >= 15 is 0 Å². The first-order valence-electron chi connectivity index (χ1n) is 8.73. The zero-order valence-corrected chi connectivity index (χ0v) is 14.9. The van der Waals surface area contributed by atoms with Crippen LogP contribution in [0.2, 0.25) is 0 Å². The summed E-state index contributed by atoms with van der Waals surface area (Å²) in [5, 5.41) is 0. The highest BCUT2D eigenvalue weighted by molar-refractivity contribution is 5.94. The summed E-state index contributed by atoms with van der Waals surface area (Å²) in [6, 6.07) is 18.6. The lowest BCUT2D eigenvalue weighted by Crippen LogP contribution is -2.52. The van der Waals surface area contributed by atoms with E-state index in [0.29, 0.717) is 0 Å². The second-order valence-electron chi connectivity index (χ2n) is 6.43. The number of piperazine rings is 1. The monoisotopic (exact) mass is 332 g/mol. The Bertz CT molecular complexity index is 771. The number of Topliss-reactive ketones (excluding diaryl/α,β-unsaturated/α-hetero) is 1. The van der Waals surface area contributed by atoms with Crippen molar-refractivity contribution in [1.82, 2.24) is 4.90 Å². The van der Waals surface area contributed by atoms with Crippen molar-refractivity contribution in [3.05, 3.63) is 65.7 Å². The topological polar surface area (TPSA) is 23.6 Å². The van der Waals surface area contributed by atoms with Crippen molar-refractivity contribution in [3.63, 3.8) is 0 Å². The summed E-state index contributed by atoms with van der Waals surface area (Å²) in [6.45, 7) is 7.32. The molecule has 0 spiro atoms. The summed E-state index contributed by atoms with van der Waals surface area (Å²) in [5.41, 5.74) is 3.23. The first-order chi connectivity index (χ1) is 12.2. The maximum atomic E-state index is 11.5. The molecule has 0 bridgehead atoms. The molecule has 3 heteroatoms. The van der Waals surface area contributed by atoms with Crippen LogP contribution in [-0.2, 0) is 6.54 Å². The number of ketones is 1. The normalized spacial score (nSPS) is 17.7. The molecule has 1 fully saturated rings. The average Bonchev–Trinajstić information content (AvgIpc) is 2.63. The number of rotatable bonds is 4. The minimum absolute atomic E-state index is 0.101. The van der Waals surface area contributed by atoms with Crippen molar-refractivity contribution >= 4 is 11.5 Å². The quantitative estimate of drug-likeness (QED) is 0.631. The molecule has 2 aromatic carbocycles. The summed E-state index contributed by atoms with van der Waals surface area (Å²) in [5.74, 6) is 6.53. The Morgan fingerprint density at radius 3 is 2.44 bits per heavy atom. The predicted octanol–water partition coefficient (Wildman–Crippen LogP) is 3.60. The van der Waals surface area contributed by atoms with E-state index in [0.717, 1.165) is 37.4 Å². The van der Waals surface area contributed by atoms with Gasteiger partial charge in [0, 0.05) is 37.4 Å². The Kier molecular flexibility index (Phi) is 5.53. The lowest BCUT2D eigenvalue weighted by molar-refractivity contribution is 0.101. The Balaban J connectivity index is 1.73. The molecular formula is C22H24N2O. The molecule has 2 aromatic rings. The van der Waals surface area contributed by atoms with Crippen LogP contribution in [0.15, 0.2) is 54.6 Å². The van der Waals surface area contributed by atoms with Crippen molar-refractivity contribution < 1.29 is 4.79 Å². The van der Waals surface area contributed by atoms with Crippen LogP contribution in [-0.4, -0.2) is 36.4 Å². The van der Waals surface area contributed by atoms with Crippen molar-refractivity contribution in [2.75, 3.05) is 24.5 Å². The number of nitrogens with zero attached hydrogens (tertiary/aromatic N) is 2. The smallest absolute Gasteiger partial charge is 0.159 e. The molecule has 1 saturated heterocycles. The molecule has 0 radical (unpaired) electrons. The molecule has 0 N–H and O–H groups in total. The van der Waals surface area contributed by atoms with Crippen LogP contribution in [0.5, 0.6) is 0 Å². The van der Waals surface area contributed by atoms with Gasteiger partial charge in [0.2, 0.25) is 0 Å². The van der Waals surface area contributed by atoms with Crippen LogP contribution < -0.4 is 4.90 Å². The number of hydrogen-bond donors (Lipinski definition) is 0. The van der Waals surface area contributed by atoms with Crippen LogP contribution in [0.1, 0.15) is 29.8 Å². The molecule has 1 aliphatic heterocycles. The number of benzene rings is 2. The number of anilines is 1. The summed E-state index contributed by atoms with van der Waals surface area (Å²) >= 11 is 0. The van der Waals surface area contributed by atoms with Crippen LogP contribution in [0.3, 0.4) is 0 Å². The van der Waals surface area contributed by atoms with Gasteiger partial charge in [-0.25, -0.2) is 0 Å². The fraction of sp³-hybridized carbons (Fsp3) is 0.318. The summed E-state index contributed by atoms with van der Waals surface area (Å²) in [6.07, 6.45) is 0. The van der Waals surface area contributed by atoms with Gasteiger partial charge < -0.3 is 4.90 Å². The lowest BCUT2D eigenvalue weighted by atomic mass is 10.1. The van der Waals surface area contributed by atoms with Gasteiger partial charge in [0.15, 0.2) is 5.78 Å². The van der Waals surface area contributed by atoms with Gasteiger partial charge in [-0.2, -0.15) is 0 Å². The number of carbonyl (C=O) groups excluding carboxylic acids is 1. The fourth-order valence-electron chi connectivity index (χ4n) is 3.31. The Hall–Kier alpha value is -2.57. The van der Waals surface area contributed by atoms with Gasteiger partial charge in [-0.3, -0.25) is 9.69 Å². The van der Waals surface area contributed by atoms with Gasteiger partial charge in [-0.15, -0.1) is 5.92 Å². The summed E-state index contributed by atoms with van der Waals surface area (Å²) < 4.78 is 0. The van der Waals surface area contributed by atoms with E-state index in [9.17, 15) is 4.79 Å². The van der Waals surface area contributed by atoms with Crippen LogP contribution in [0, 0.1) is 11.8 Å². The van der Waals surface area contributed by atoms with Gasteiger partial charge in [-0.05, 0) is 43.7 Å². The van der Waals surface area contributed by atoms with Crippen LogP contribution >= 0.6 is 0 Å². The zero-order valence-electron chi connectivity index (χ0n) is 14.9. The minimum Gasteiger partial charge on any atom is -0.355 e. The Labute approximate surface area is 150 Å². The molecule has 0 aliphatic carbocycles. The van der Waals surface area contributed by atoms with Crippen LogP contribution in [0.25, 0.3) is 0 Å². The van der Waals surface area contributed by atoms with E-state index in [1.54, 1.807) is 6.92 Å². The second-order valence-corrected chi connectivity index (χ2v) is 6.43. The molecule has 0 saturated carbocycles. The van der Waals surface area contributed by atoms with E-state index in [4.69, 9.17) is 0 Å². The third-order valence-corrected chi connectivity index (χ3v) is 4.63. The molecule has 1 aliphatic rings. The molecule has 1 heterocycles. The van der Waals surface area contributed by atoms with E-state index in [2.05, 4.69) is 52.0 Å². The van der Waals surface area contributed by atoms with Gasteiger partial charge in [-0.1, -0.05) is 36.3 Å². The number of hydrogen-bond acceptors (Lipinski definition) is 3. The SMILES string of the molecule is CC#CC1CN(Cc2ccccc2)CCN1c1ccc(C(C)=O)cc1. The number of carbonyl (C=O) groups is 1. The standard InChI is InChI=1S/C22H24N2O/c1-3-7-22-17-23(16-19-8-5-4-6-9-19)14-15-24(22)21-12-10-20(11-13-21)18(2)25/h4-6,8-13,22H,14-17H2,1-2H3. The second kappa shape index (κ2) is 8.00. The maximum Gasteiger partial charge on any atom is 0.159 e. The van der Waals surface area contributed by atoms with Gasteiger partial charge in [0.05, 0.1) is 0 Å². The molecule has 3 nitrogen and oxygen atoms in total. The zero-order chi connectivity index (χ0) is 17.6. The van der Waals surface area contributed by atoms with Crippen molar-refractivity contribution in [2.24, 2.45) is 0 Å². The van der Waals surface area contributed by atoms with Crippen molar-refractivity contribution in [2.45, 2.75) is 26.4 Å². The van der Waals surface area contributed by atoms with E-state index in [-0.39, 0.29) is 11.8 Å². The van der Waals surface area contributed by atoms with Gasteiger partial charge in [0.25, 0.3) is 0 Å². The lowest BCUT2D eigenvalue weighted by Gasteiger charge is -2.40. The third-order valence-electron chi connectivity index (χ3n) is 4.63. The van der Waals surface area contributed by atoms with Crippen molar-refractivity contribution in [3.8, 4) is 11.8 Å². The van der Waals surface area contributed by atoms with E-state index < -0.39 is 0 Å². The highest BCUT2D eigenvalue weighted by Crippen LogP contribution is 2.22. The van der Waals surface area contributed by atoms with Crippen LogP contribution in [0.4, 0.5) is 5.69 Å². The molecule has 1 unspecified atom stereocenters. The van der Waals surface area contributed by atoms with E-state index in [1.807, 2.05) is 31.2 Å². The molecular weight excluding hydrogens is 308 g/mol. The molecule has 0 amide bonds. The Morgan fingerprint density at radius 1 is 1.08 bits per heavy atom. The molecule has 0 aromatic heterocycles. The minimum atomic E-state index is 0.101. The first-order valence-corrected chi connectivity index (χ1v) is 8.73.